The van der Waals surface area contributed by atoms with E-state index < -0.39 is 9.84 Å². The van der Waals surface area contributed by atoms with Gasteiger partial charge in [-0.3, -0.25) is 4.79 Å². The van der Waals surface area contributed by atoms with Gasteiger partial charge >= 0.3 is 0 Å². The van der Waals surface area contributed by atoms with Crippen LogP contribution in [0, 0.1) is 11.8 Å². The van der Waals surface area contributed by atoms with Crippen LogP contribution in [-0.4, -0.2) is 39.0 Å². The highest BCUT2D eigenvalue weighted by Crippen LogP contribution is 2.33. The molecule has 1 saturated carbocycles. The number of aryl methyl sites for hydroxylation is 1. The number of nitrogens with one attached hydrogen (secondary N) is 1. The van der Waals surface area contributed by atoms with Crippen LogP contribution in [0.5, 0.6) is 5.75 Å². The number of benzene rings is 1. The van der Waals surface area contributed by atoms with E-state index in [0.29, 0.717) is 24.0 Å². The minimum atomic E-state index is -2.94. The molecule has 0 spiro atoms. The molecule has 1 fully saturated rings. The van der Waals surface area contributed by atoms with E-state index in [9.17, 15) is 13.2 Å². The standard InChI is InChI=1S/C22H35NO4S/c1-4-17(2)28(25,26)16-20-12-9-18(10-13-20)8-11-19-6-5-7-21(14-19)27-15-22(24)23-3/h5-7,14,17-18,20H,4,8-13,15-16H2,1-3H3,(H,23,24). The van der Waals surface area contributed by atoms with E-state index >= 15 is 0 Å². The van der Waals surface area contributed by atoms with Gasteiger partial charge in [0.15, 0.2) is 16.4 Å². The van der Waals surface area contributed by atoms with Gasteiger partial charge in [0.25, 0.3) is 5.91 Å². The summed E-state index contributed by atoms with van der Waals surface area (Å²) in [5, 5.41) is 2.32. The summed E-state index contributed by atoms with van der Waals surface area (Å²) in [5.74, 6) is 1.94. The lowest BCUT2D eigenvalue weighted by molar-refractivity contribution is -0.122. The average Bonchev–Trinajstić information content (AvgIpc) is 2.70. The van der Waals surface area contributed by atoms with Crippen LogP contribution in [0.1, 0.15) is 57.9 Å². The number of amides is 1. The SMILES string of the molecule is CCC(C)S(=O)(=O)CC1CCC(CCc2cccc(OCC(=O)NC)c2)CC1. The van der Waals surface area contributed by atoms with Gasteiger partial charge in [-0.2, -0.15) is 0 Å². The van der Waals surface area contributed by atoms with Gasteiger partial charge in [-0.25, -0.2) is 8.42 Å². The zero-order chi connectivity index (χ0) is 20.6. The molecule has 1 aromatic rings. The minimum Gasteiger partial charge on any atom is -0.484 e. The van der Waals surface area contributed by atoms with E-state index in [2.05, 4.69) is 11.4 Å². The minimum absolute atomic E-state index is 0.0313. The van der Waals surface area contributed by atoms with Crippen LogP contribution in [-0.2, 0) is 21.1 Å². The lowest BCUT2D eigenvalue weighted by atomic mass is 9.80. The van der Waals surface area contributed by atoms with Crippen LogP contribution in [0.15, 0.2) is 24.3 Å². The van der Waals surface area contributed by atoms with Crippen LogP contribution in [0.4, 0.5) is 0 Å². The van der Waals surface area contributed by atoms with Crippen molar-refractivity contribution >= 4 is 15.7 Å². The molecule has 2 rings (SSSR count). The summed E-state index contributed by atoms with van der Waals surface area (Å²) in [4.78, 5) is 11.3. The Morgan fingerprint density at radius 2 is 1.89 bits per heavy atom. The van der Waals surface area contributed by atoms with Gasteiger partial charge in [0.1, 0.15) is 5.75 Å². The van der Waals surface area contributed by atoms with Gasteiger partial charge in [0, 0.05) is 7.05 Å². The molecule has 158 valence electrons. The maximum atomic E-state index is 12.3. The highest BCUT2D eigenvalue weighted by atomic mass is 32.2. The molecule has 0 aliphatic heterocycles. The summed E-state index contributed by atoms with van der Waals surface area (Å²) in [6.45, 7) is 3.80. The summed E-state index contributed by atoms with van der Waals surface area (Å²) in [5.41, 5.74) is 1.22. The Hall–Kier alpha value is -1.56. The van der Waals surface area contributed by atoms with Gasteiger partial charge in [0.2, 0.25) is 0 Å². The second-order valence-corrected chi connectivity index (χ2v) is 10.5. The molecule has 0 aromatic heterocycles. The van der Waals surface area contributed by atoms with Gasteiger partial charge in [0.05, 0.1) is 11.0 Å². The molecule has 0 radical (unpaired) electrons. The van der Waals surface area contributed by atoms with Crippen molar-refractivity contribution in [2.45, 2.75) is 64.0 Å². The monoisotopic (exact) mass is 409 g/mol. The molecule has 1 N–H and O–H groups in total. The van der Waals surface area contributed by atoms with E-state index in [0.717, 1.165) is 44.3 Å². The molecular formula is C22H35NO4S. The van der Waals surface area contributed by atoms with Crippen molar-refractivity contribution in [3.8, 4) is 5.75 Å². The zero-order valence-corrected chi connectivity index (χ0v) is 18.3. The molecule has 1 aliphatic carbocycles. The highest BCUT2D eigenvalue weighted by molar-refractivity contribution is 7.92. The summed E-state index contributed by atoms with van der Waals surface area (Å²) >= 11 is 0. The lowest BCUT2D eigenvalue weighted by Gasteiger charge is -2.29. The van der Waals surface area contributed by atoms with Crippen molar-refractivity contribution in [2.24, 2.45) is 11.8 Å². The van der Waals surface area contributed by atoms with Crippen molar-refractivity contribution in [1.29, 1.82) is 0 Å². The lowest BCUT2D eigenvalue weighted by Crippen LogP contribution is -2.27. The zero-order valence-electron chi connectivity index (χ0n) is 17.4. The van der Waals surface area contributed by atoms with Crippen molar-refractivity contribution in [3.05, 3.63) is 29.8 Å². The molecule has 0 bridgehead atoms. The number of sulfone groups is 1. The summed E-state index contributed by atoms with van der Waals surface area (Å²) < 4.78 is 30.2. The molecular weight excluding hydrogens is 374 g/mol. The quantitative estimate of drug-likeness (QED) is 0.638. The third kappa shape index (κ3) is 7.12. The number of carbonyl (C=O) groups excluding carboxylic acids is 1. The fourth-order valence-corrected chi connectivity index (χ4v) is 5.64. The molecule has 0 heterocycles. The molecule has 1 aliphatic rings. The Morgan fingerprint density at radius 1 is 1.21 bits per heavy atom. The number of carbonyl (C=O) groups is 1. The first kappa shape index (κ1) is 22.7. The molecule has 1 amide bonds. The highest BCUT2D eigenvalue weighted by Gasteiger charge is 2.28. The number of hydrogen-bond acceptors (Lipinski definition) is 4. The number of ether oxygens (including phenoxy) is 1. The second-order valence-electron chi connectivity index (χ2n) is 8.08. The Labute approximate surface area is 170 Å². The van der Waals surface area contributed by atoms with Gasteiger partial charge < -0.3 is 10.1 Å². The Kier molecular flexibility index (Phi) is 8.80. The molecule has 5 nitrogen and oxygen atoms in total. The average molecular weight is 410 g/mol. The topological polar surface area (TPSA) is 72.5 Å². The Morgan fingerprint density at radius 3 is 2.54 bits per heavy atom. The maximum Gasteiger partial charge on any atom is 0.257 e. The van der Waals surface area contributed by atoms with Crippen molar-refractivity contribution < 1.29 is 17.9 Å². The summed E-state index contributed by atoms with van der Waals surface area (Å²) in [6.07, 6.45) is 7.08. The first-order valence-corrected chi connectivity index (χ1v) is 12.2. The van der Waals surface area contributed by atoms with E-state index in [1.165, 1.54) is 5.56 Å². The second kappa shape index (κ2) is 10.8. The van der Waals surface area contributed by atoms with E-state index in [1.807, 2.05) is 32.0 Å². The molecule has 1 unspecified atom stereocenters. The summed E-state index contributed by atoms with van der Waals surface area (Å²) in [6, 6.07) is 7.94. The van der Waals surface area contributed by atoms with Crippen molar-refractivity contribution in [1.82, 2.24) is 5.32 Å². The molecule has 1 aromatic carbocycles. The number of likely N-dealkylation sites (N-methyl/N-ethyl adjacent to an activating group) is 1. The third-order valence-corrected chi connectivity index (χ3v) is 8.51. The predicted octanol–water partition coefficient (Wildman–Crippen LogP) is 3.76. The summed E-state index contributed by atoms with van der Waals surface area (Å²) in [7, 11) is -1.35. The smallest absolute Gasteiger partial charge is 0.257 e. The first-order chi connectivity index (χ1) is 13.3. The first-order valence-electron chi connectivity index (χ1n) is 10.5. The van der Waals surface area contributed by atoms with Crippen molar-refractivity contribution in [2.75, 3.05) is 19.4 Å². The van der Waals surface area contributed by atoms with E-state index in [1.54, 1.807) is 7.05 Å². The number of rotatable bonds is 10. The fourth-order valence-electron chi connectivity index (χ4n) is 3.82. The Bertz CT molecular complexity index is 724. The third-order valence-electron chi connectivity index (χ3n) is 6.01. The van der Waals surface area contributed by atoms with Gasteiger partial charge in [-0.05, 0) is 68.6 Å². The largest absolute Gasteiger partial charge is 0.484 e. The Balaban J connectivity index is 1.76. The van der Waals surface area contributed by atoms with Crippen LogP contribution >= 0.6 is 0 Å². The predicted molar refractivity (Wildman–Crippen MR) is 113 cm³/mol. The van der Waals surface area contributed by atoms with E-state index in [4.69, 9.17) is 4.74 Å². The molecule has 28 heavy (non-hydrogen) atoms. The maximum absolute atomic E-state index is 12.3. The van der Waals surface area contributed by atoms with Crippen LogP contribution < -0.4 is 10.1 Å². The fraction of sp³-hybridized carbons (Fsp3) is 0.682. The molecule has 6 heteroatoms. The van der Waals surface area contributed by atoms with E-state index in [-0.39, 0.29) is 17.8 Å². The normalized spacial score (nSPS) is 21.1. The molecule has 0 saturated heterocycles. The van der Waals surface area contributed by atoms with Crippen LogP contribution in [0.25, 0.3) is 0 Å². The van der Waals surface area contributed by atoms with Gasteiger partial charge in [-0.1, -0.05) is 31.9 Å². The van der Waals surface area contributed by atoms with Crippen molar-refractivity contribution in [3.63, 3.8) is 0 Å². The number of hydrogen-bond donors (Lipinski definition) is 1. The van der Waals surface area contributed by atoms with Crippen LogP contribution in [0.2, 0.25) is 0 Å². The van der Waals surface area contributed by atoms with Crippen LogP contribution in [0.3, 0.4) is 0 Å². The molecule has 1 atom stereocenters. The van der Waals surface area contributed by atoms with Gasteiger partial charge in [-0.15, -0.1) is 0 Å².